The van der Waals surface area contributed by atoms with E-state index in [-0.39, 0.29) is 11.6 Å². The molecule has 6 rings (SSSR count). The van der Waals surface area contributed by atoms with Crippen molar-refractivity contribution in [2.24, 2.45) is 0 Å². The van der Waals surface area contributed by atoms with Crippen LogP contribution in [-0.2, 0) is 16.3 Å². The van der Waals surface area contributed by atoms with Gasteiger partial charge in [-0.1, -0.05) is 24.3 Å². The lowest BCUT2D eigenvalue weighted by molar-refractivity contribution is -0.341. The van der Waals surface area contributed by atoms with Crippen molar-refractivity contribution in [2.75, 3.05) is 0 Å². The van der Waals surface area contributed by atoms with Gasteiger partial charge >= 0.3 is 0 Å². The fourth-order valence-electron chi connectivity index (χ4n) is 4.32. The first-order valence-electron chi connectivity index (χ1n) is 8.24. The summed E-state index contributed by atoms with van der Waals surface area (Å²) >= 11 is 0. The van der Waals surface area contributed by atoms with E-state index in [1.807, 2.05) is 12.1 Å². The summed E-state index contributed by atoms with van der Waals surface area (Å²) in [6, 6.07) is 10.7. The Morgan fingerprint density at radius 2 is 1.64 bits per heavy atom. The molecular weight excluding hydrogens is 320 g/mol. The van der Waals surface area contributed by atoms with Gasteiger partial charge in [-0.15, -0.1) is 0 Å². The second kappa shape index (κ2) is 4.00. The number of ketones is 2. The molecule has 0 N–H and O–H groups in total. The fraction of sp³-hybridized carbons (Fsp3) is 0.200. The smallest absolute Gasteiger partial charge is 0.265 e. The van der Waals surface area contributed by atoms with Crippen LogP contribution in [0.5, 0.6) is 11.5 Å². The summed E-state index contributed by atoms with van der Waals surface area (Å²) in [7, 11) is 0. The van der Waals surface area contributed by atoms with Crippen molar-refractivity contribution in [3.8, 4) is 11.5 Å². The molecule has 0 amide bonds. The lowest BCUT2D eigenvalue weighted by Crippen LogP contribution is -2.57. The molecule has 5 heteroatoms. The number of hydrogen-bond acceptors (Lipinski definition) is 5. The number of rotatable bonds is 0. The first-order chi connectivity index (χ1) is 12.1. The highest BCUT2D eigenvalue weighted by molar-refractivity contribution is 6.08. The molecule has 2 aromatic carbocycles. The highest BCUT2D eigenvalue weighted by Crippen LogP contribution is 2.59. The van der Waals surface area contributed by atoms with E-state index in [9.17, 15) is 9.59 Å². The minimum absolute atomic E-state index is 0.0585. The summed E-state index contributed by atoms with van der Waals surface area (Å²) in [6.45, 7) is 0. The van der Waals surface area contributed by atoms with E-state index in [0.29, 0.717) is 46.6 Å². The van der Waals surface area contributed by atoms with Gasteiger partial charge in [0.25, 0.3) is 5.79 Å². The zero-order valence-electron chi connectivity index (χ0n) is 13.1. The maximum Gasteiger partial charge on any atom is 0.265 e. The van der Waals surface area contributed by atoms with Gasteiger partial charge in [0.1, 0.15) is 11.5 Å². The van der Waals surface area contributed by atoms with Gasteiger partial charge in [-0.05, 0) is 24.3 Å². The van der Waals surface area contributed by atoms with Crippen molar-refractivity contribution in [2.45, 2.75) is 24.4 Å². The molecule has 4 aliphatic rings. The molecule has 2 heterocycles. The van der Waals surface area contributed by atoms with E-state index in [1.54, 1.807) is 30.3 Å². The molecule has 0 saturated heterocycles. The third-order valence-electron chi connectivity index (χ3n) is 5.34. The summed E-state index contributed by atoms with van der Waals surface area (Å²) in [6.07, 6.45) is 3.88. The van der Waals surface area contributed by atoms with Crippen molar-refractivity contribution in [3.63, 3.8) is 0 Å². The van der Waals surface area contributed by atoms with Crippen LogP contribution in [0.2, 0.25) is 0 Å². The molecule has 5 nitrogen and oxygen atoms in total. The Morgan fingerprint density at radius 3 is 2.48 bits per heavy atom. The Kier molecular flexibility index (Phi) is 2.14. The van der Waals surface area contributed by atoms with Gasteiger partial charge in [-0.25, -0.2) is 0 Å². The number of allylic oxidation sites excluding steroid dienone is 1. The average molecular weight is 332 g/mol. The second-order valence-electron chi connectivity index (χ2n) is 6.70. The van der Waals surface area contributed by atoms with Gasteiger partial charge in [0.2, 0.25) is 5.79 Å². The maximum absolute atomic E-state index is 12.4. The minimum Gasteiger partial charge on any atom is -0.457 e. The number of Topliss-reactive ketones (excluding diaryl/α,β-unsaturated/α-hetero) is 1. The molecular formula is C20H12O5. The summed E-state index contributed by atoms with van der Waals surface area (Å²) in [5.74, 6) is -1.19. The predicted octanol–water partition coefficient (Wildman–Crippen LogP) is 3.22. The number of carbonyl (C=O) groups excluding carboxylic acids is 2. The van der Waals surface area contributed by atoms with Gasteiger partial charge < -0.3 is 9.47 Å². The molecule has 122 valence electrons. The number of hydrogen-bond donors (Lipinski definition) is 0. The van der Waals surface area contributed by atoms with Gasteiger partial charge in [0.05, 0.1) is 11.1 Å². The Labute approximate surface area is 142 Å². The van der Waals surface area contributed by atoms with Crippen LogP contribution in [0.1, 0.15) is 44.7 Å². The topological polar surface area (TPSA) is 61.8 Å². The molecule has 0 saturated carbocycles. The lowest BCUT2D eigenvalue weighted by Gasteiger charge is -2.53. The van der Waals surface area contributed by atoms with Crippen LogP contribution in [-0.4, -0.2) is 11.6 Å². The predicted molar refractivity (Wildman–Crippen MR) is 85.6 cm³/mol. The van der Waals surface area contributed by atoms with E-state index in [2.05, 4.69) is 0 Å². The molecule has 2 atom stereocenters. The van der Waals surface area contributed by atoms with E-state index in [4.69, 9.17) is 14.2 Å². The highest BCUT2D eigenvalue weighted by atomic mass is 16.8. The molecule has 25 heavy (non-hydrogen) atoms. The van der Waals surface area contributed by atoms with E-state index in [0.717, 1.165) is 0 Å². The zero-order chi connectivity index (χ0) is 16.8. The minimum atomic E-state index is -1.20. The van der Waals surface area contributed by atoms with Gasteiger partial charge in [0.15, 0.2) is 11.6 Å². The molecule has 2 bridgehead atoms. The molecule has 2 aromatic rings. The second-order valence-corrected chi connectivity index (χ2v) is 6.70. The summed E-state index contributed by atoms with van der Waals surface area (Å²) in [5, 5.41) is 0. The Hall–Kier alpha value is -2.92. The van der Waals surface area contributed by atoms with E-state index < -0.39 is 11.6 Å². The Morgan fingerprint density at radius 1 is 0.880 bits per heavy atom. The average Bonchev–Trinajstić information content (AvgIpc) is 2.62. The third-order valence-corrected chi connectivity index (χ3v) is 5.34. The van der Waals surface area contributed by atoms with Crippen molar-refractivity contribution < 1.29 is 23.8 Å². The van der Waals surface area contributed by atoms with Crippen molar-refractivity contribution >= 4 is 11.6 Å². The quantitative estimate of drug-likeness (QED) is 0.741. The fourth-order valence-corrected chi connectivity index (χ4v) is 4.32. The van der Waals surface area contributed by atoms with E-state index in [1.165, 1.54) is 6.08 Å². The van der Waals surface area contributed by atoms with Crippen LogP contribution in [0.3, 0.4) is 0 Å². The van der Waals surface area contributed by atoms with Crippen LogP contribution < -0.4 is 9.47 Å². The SMILES string of the molecule is O=C1C=CC23Oc4cccc5c4C(CCC5=O)(Oc4cccc1c42)O3. The van der Waals surface area contributed by atoms with Crippen LogP contribution in [0, 0.1) is 0 Å². The van der Waals surface area contributed by atoms with Crippen LogP contribution >= 0.6 is 0 Å². The van der Waals surface area contributed by atoms with Crippen molar-refractivity contribution in [1.29, 1.82) is 0 Å². The Bertz CT molecular complexity index is 1040. The number of ether oxygens (including phenoxy) is 3. The zero-order valence-corrected chi connectivity index (χ0v) is 13.1. The number of benzene rings is 2. The van der Waals surface area contributed by atoms with Gasteiger partial charge in [-0.3, -0.25) is 14.3 Å². The highest BCUT2D eigenvalue weighted by Gasteiger charge is 2.61. The van der Waals surface area contributed by atoms with Crippen molar-refractivity contribution in [3.05, 3.63) is 70.8 Å². The maximum atomic E-state index is 12.4. The third kappa shape index (κ3) is 1.44. The summed E-state index contributed by atoms with van der Waals surface area (Å²) in [4.78, 5) is 24.6. The molecule has 0 fully saturated rings. The summed E-state index contributed by atoms with van der Waals surface area (Å²) < 4.78 is 18.9. The largest absolute Gasteiger partial charge is 0.457 e. The van der Waals surface area contributed by atoms with Gasteiger partial charge in [-0.2, -0.15) is 0 Å². The molecule has 2 unspecified atom stereocenters. The van der Waals surface area contributed by atoms with Crippen LogP contribution in [0.4, 0.5) is 0 Å². The van der Waals surface area contributed by atoms with Crippen LogP contribution in [0.15, 0.2) is 48.6 Å². The molecule has 0 radical (unpaired) electrons. The lowest BCUT2D eigenvalue weighted by atomic mass is 9.80. The van der Waals surface area contributed by atoms with E-state index >= 15 is 0 Å². The Balaban J connectivity index is 1.71. The molecule has 2 aliphatic heterocycles. The number of carbonyl (C=O) groups is 2. The van der Waals surface area contributed by atoms with Gasteiger partial charge in [0, 0.05) is 24.0 Å². The van der Waals surface area contributed by atoms with Crippen LogP contribution in [0.25, 0.3) is 0 Å². The molecule has 2 aliphatic carbocycles. The molecule has 0 aromatic heterocycles. The van der Waals surface area contributed by atoms with Crippen molar-refractivity contribution in [1.82, 2.24) is 0 Å². The monoisotopic (exact) mass is 332 g/mol. The molecule has 2 spiro atoms. The standard InChI is InChI=1S/C20H12O5/c21-13-7-9-19-17-11(13)3-1-5-15(17)23-20(25-19)10-8-14(22)12-4-2-6-16(24-19)18(12)20/h1-7,9H,8,10H2. The normalized spacial score (nSPS) is 30.1. The summed E-state index contributed by atoms with van der Waals surface area (Å²) in [5.41, 5.74) is 2.34. The first-order valence-corrected chi connectivity index (χ1v) is 8.24. The first kappa shape index (κ1) is 13.4.